The first-order valence-electron chi connectivity index (χ1n) is 6.05. The van der Waals surface area contributed by atoms with Gasteiger partial charge in [-0.3, -0.25) is 4.98 Å². The number of rotatable bonds is 4. The third-order valence-electron chi connectivity index (χ3n) is 3.02. The second-order valence-corrected chi connectivity index (χ2v) is 5.10. The Bertz CT molecular complexity index is 507. The van der Waals surface area contributed by atoms with Gasteiger partial charge in [-0.15, -0.1) is 0 Å². The third kappa shape index (κ3) is 2.78. The number of benzene rings is 1. The summed E-state index contributed by atoms with van der Waals surface area (Å²) in [7, 11) is 0. The highest BCUT2D eigenvalue weighted by Crippen LogP contribution is 2.25. The second-order valence-electron chi connectivity index (χ2n) is 4.19. The molecule has 0 unspecified atom stereocenters. The van der Waals surface area contributed by atoms with Crippen molar-refractivity contribution in [2.45, 2.75) is 32.7 Å². The van der Waals surface area contributed by atoms with Crippen molar-refractivity contribution >= 4 is 32.5 Å². The Balaban J connectivity index is 2.40. The molecule has 0 amide bonds. The van der Waals surface area contributed by atoms with Crippen molar-refractivity contribution in [2.75, 3.05) is 5.32 Å². The number of aromatic nitrogens is 1. The molecule has 0 spiro atoms. The summed E-state index contributed by atoms with van der Waals surface area (Å²) in [6.07, 6.45) is 4.10. The molecule has 0 bridgehead atoms. The fourth-order valence-electron chi connectivity index (χ4n) is 1.96. The summed E-state index contributed by atoms with van der Waals surface area (Å²) in [4.78, 5) is 4.49. The molecule has 0 atom stereocenters. The van der Waals surface area contributed by atoms with Gasteiger partial charge < -0.3 is 5.32 Å². The molecule has 0 radical (unpaired) electrons. The van der Waals surface area contributed by atoms with Crippen LogP contribution in [-0.4, -0.2) is 11.0 Å². The number of nitrogens with zero attached hydrogens (tertiary/aromatic N) is 1. The zero-order valence-electron chi connectivity index (χ0n) is 10.2. The highest BCUT2D eigenvalue weighted by atomic mass is 79.9. The van der Waals surface area contributed by atoms with Crippen molar-refractivity contribution in [1.82, 2.24) is 4.98 Å². The van der Waals surface area contributed by atoms with Gasteiger partial charge in [0.05, 0.1) is 11.2 Å². The standard InChI is InChI=1S/C14H17BrN2/c1-3-12(4-2)17-13-7-5-6-10-8-11(15)9-16-14(10)13/h5-9,12,17H,3-4H2,1-2H3. The zero-order chi connectivity index (χ0) is 12.3. The normalized spacial score (nSPS) is 11.1. The molecule has 1 heterocycles. The highest BCUT2D eigenvalue weighted by Gasteiger charge is 2.07. The van der Waals surface area contributed by atoms with Crippen molar-refractivity contribution in [1.29, 1.82) is 0 Å². The smallest absolute Gasteiger partial charge is 0.0934 e. The largest absolute Gasteiger partial charge is 0.381 e. The van der Waals surface area contributed by atoms with E-state index >= 15 is 0 Å². The first kappa shape index (κ1) is 12.4. The summed E-state index contributed by atoms with van der Waals surface area (Å²) < 4.78 is 1.02. The summed E-state index contributed by atoms with van der Waals surface area (Å²) in [5.41, 5.74) is 2.17. The first-order valence-corrected chi connectivity index (χ1v) is 6.84. The van der Waals surface area contributed by atoms with Crippen molar-refractivity contribution in [3.8, 4) is 0 Å². The van der Waals surface area contributed by atoms with E-state index < -0.39 is 0 Å². The van der Waals surface area contributed by atoms with Crippen LogP contribution in [0.5, 0.6) is 0 Å². The van der Waals surface area contributed by atoms with Gasteiger partial charge in [0.25, 0.3) is 0 Å². The predicted octanol–water partition coefficient (Wildman–Crippen LogP) is 4.60. The monoisotopic (exact) mass is 292 g/mol. The van der Waals surface area contributed by atoms with E-state index in [1.54, 1.807) is 0 Å². The number of halogens is 1. The van der Waals surface area contributed by atoms with E-state index in [1.165, 1.54) is 0 Å². The first-order chi connectivity index (χ1) is 8.24. The molecular weight excluding hydrogens is 276 g/mol. The van der Waals surface area contributed by atoms with Crippen LogP contribution in [0.15, 0.2) is 34.9 Å². The maximum atomic E-state index is 4.49. The minimum Gasteiger partial charge on any atom is -0.381 e. The lowest BCUT2D eigenvalue weighted by atomic mass is 10.1. The van der Waals surface area contributed by atoms with E-state index in [1.807, 2.05) is 6.20 Å². The number of pyridine rings is 1. The maximum absolute atomic E-state index is 4.49. The number of nitrogens with one attached hydrogen (secondary N) is 1. The Hall–Kier alpha value is -1.09. The van der Waals surface area contributed by atoms with Crippen molar-refractivity contribution in [3.05, 3.63) is 34.9 Å². The summed E-state index contributed by atoms with van der Waals surface area (Å²) in [5, 5.41) is 4.73. The lowest BCUT2D eigenvalue weighted by molar-refractivity contribution is 0.672. The van der Waals surface area contributed by atoms with Crippen LogP contribution in [0.25, 0.3) is 10.9 Å². The Labute approximate surface area is 111 Å². The minimum atomic E-state index is 0.519. The molecule has 0 aliphatic rings. The van der Waals surface area contributed by atoms with E-state index in [4.69, 9.17) is 0 Å². The SMILES string of the molecule is CCC(CC)Nc1cccc2cc(Br)cnc12. The summed E-state index contributed by atoms with van der Waals surface area (Å²) in [5.74, 6) is 0. The number of hydrogen-bond acceptors (Lipinski definition) is 2. The van der Waals surface area contributed by atoms with Crippen LogP contribution in [0.3, 0.4) is 0 Å². The van der Waals surface area contributed by atoms with Crippen molar-refractivity contribution in [2.24, 2.45) is 0 Å². The number of anilines is 1. The van der Waals surface area contributed by atoms with Crippen LogP contribution in [-0.2, 0) is 0 Å². The van der Waals surface area contributed by atoms with Crippen molar-refractivity contribution < 1.29 is 0 Å². The number of hydrogen-bond donors (Lipinski definition) is 1. The summed E-state index contributed by atoms with van der Waals surface area (Å²) in [6, 6.07) is 8.87. The Kier molecular flexibility index (Phi) is 4.00. The molecule has 2 aromatic rings. The van der Waals surface area contributed by atoms with E-state index in [-0.39, 0.29) is 0 Å². The number of fused-ring (bicyclic) bond motifs is 1. The van der Waals surface area contributed by atoms with Crippen LogP contribution in [0.1, 0.15) is 26.7 Å². The van der Waals surface area contributed by atoms with E-state index in [2.05, 4.69) is 64.3 Å². The molecule has 1 aromatic heterocycles. The second kappa shape index (κ2) is 5.50. The van der Waals surface area contributed by atoms with Gasteiger partial charge in [-0.25, -0.2) is 0 Å². The molecule has 0 aliphatic heterocycles. The summed E-state index contributed by atoms with van der Waals surface area (Å²) in [6.45, 7) is 4.41. The molecule has 17 heavy (non-hydrogen) atoms. The van der Waals surface area contributed by atoms with Gasteiger partial charge >= 0.3 is 0 Å². The van der Waals surface area contributed by atoms with Gasteiger partial charge in [0.2, 0.25) is 0 Å². The predicted molar refractivity (Wildman–Crippen MR) is 77.4 cm³/mol. The molecule has 3 heteroatoms. The average Bonchev–Trinajstić information content (AvgIpc) is 2.35. The quantitative estimate of drug-likeness (QED) is 0.891. The fourth-order valence-corrected chi connectivity index (χ4v) is 2.31. The van der Waals surface area contributed by atoms with E-state index in [9.17, 15) is 0 Å². The lowest BCUT2D eigenvalue weighted by Gasteiger charge is -2.17. The van der Waals surface area contributed by atoms with Crippen LogP contribution in [0.4, 0.5) is 5.69 Å². The Morgan fingerprint density at radius 2 is 2.06 bits per heavy atom. The maximum Gasteiger partial charge on any atom is 0.0934 e. The molecule has 0 saturated heterocycles. The van der Waals surface area contributed by atoms with E-state index in [0.29, 0.717) is 6.04 Å². The van der Waals surface area contributed by atoms with Crippen LogP contribution < -0.4 is 5.32 Å². The van der Waals surface area contributed by atoms with Gasteiger partial charge in [0, 0.05) is 22.1 Å². The topological polar surface area (TPSA) is 24.9 Å². The number of para-hydroxylation sites is 1. The lowest BCUT2D eigenvalue weighted by Crippen LogP contribution is -2.17. The zero-order valence-corrected chi connectivity index (χ0v) is 11.8. The van der Waals surface area contributed by atoms with Gasteiger partial charge in [0.1, 0.15) is 0 Å². The minimum absolute atomic E-state index is 0.519. The third-order valence-corrected chi connectivity index (χ3v) is 3.46. The molecule has 0 aliphatic carbocycles. The van der Waals surface area contributed by atoms with Crippen molar-refractivity contribution in [3.63, 3.8) is 0 Å². The molecule has 1 aromatic carbocycles. The van der Waals surface area contributed by atoms with E-state index in [0.717, 1.165) is 33.9 Å². The van der Waals surface area contributed by atoms with Gasteiger partial charge in [-0.2, -0.15) is 0 Å². The van der Waals surface area contributed by atoms with Crippen LogP contribution in [0, 0.1) is 0 Å². The molecule has 90 valence electrons. The van der Waals surface area contributed by atoms with Gasteiger partial charge in [0.15, 0.2) is 0 Å². The fraction of sp³-hybridized carbons (Fsp3) is 0.357. The molecule has 2 rings (SSSR count). The molecule has 1 N–H and O–H groups in total. The van der Waals surface area contributed by atoms with Gasteiger partial charge in [-0.05, 0) is 40.9 Å². The van der Waals surface area contributed by atoms with Gasteiger partial charge in [-0.1, -0.05) is 26.0 Å². The molecule has 0 saturated carbocycles. The van der Waals surface area contributed by atoms with Crippen LogP contribution in [0.2, 0.25) is 0 Å². The van der Waals surface area contributed by atoms with Crippen LogP contribution >= 0.6 is 15.9 Å². The molecule has 0 fully saturated rings. The highest BCUT2D eigenvalue weighted by molar-refractivity contribution is 9.10. The average molecular weight is 293 g/mol. The molecule has 2 nitrogen and oxygen atoms in total. The Morgan fingerprint density at radius 1 is 1.29 bits per heavy atom. The summed E-state index contributed by atoms with van der Waals surface area (Å²) >= 11 is 3.45. The molecular formula is C14H17BrN2. The Morgan fingerprint density at radius 3 is 2.76 bits per heavy atom.